The lowest BCUT2D eigenvalue weighted by Crippen LogP contribution is -2.02. The van der Waals surface area contributed by atoms with E-state index in [0.29, 0.717) is 0 Å². The van der Waals surface area contributed by atoms with Crippen LogP contribution in [0.4, 0.5) is 0 Å². The third-order valence-electron chi connectivity index (χ3n) is 1.93. The molecule has 0 aliphatic heterocycles. The smallest absolute Gasteiger partial charge is 0.156 e. The number of benzene rings is 1. The fraction of sp³-hybridized carbons (Fsp3) is 0.222. The minimum absolute atomic E-state index is 0.814. The lowest BCUT2D eigenvalue weighted by Gasteiger charge is -2.04. The fourth-order valence-electron chi connectivity index (χ4n) is 1.24. The zero-order chi connectivity index (χ0) is 9.97. The highest BCUT2D eigenvalue weighted by Gasteiger charge is 2.07. The Morgan fingerprint density at radius 1 is 1.36 bits per heavy atom. The number of hydrogen-bond acceptors (Lipinski definition) is 3. The Kier molecular flexibility index (Phi) is 2.58. The van der Waals surface area contributed by atoms with E-state index in [1.165, 1.54) is 0 Å². The molecule has 4 nitrogen and oxygen atoms in total. The number of halogens is 1. The number of hydrogen-bond donors (Lipinski definition) is 0. The summed E-state index contributed by atoms with van der Waals surface area (Å²) in [5.74, 6) is 0.858. The van der Waals surface area contributed by atoms with Crippen molar-refractivity contribution in [3.8, 4) is 5.69 Å². The maximum absolute atomic E-state index is 3.94. The normalized spacial score (nSPS) is 10.4. The van der Waals surface area contributed by atoms with Crippen LogP contribution in [0.3, 0.4) is 0 Å². The van der Waals surface area contributed by atoms with Gasteiger partial charge in [0.2, 0.25) is 0 Å². The van der Waals surface area contributed by atoms with Crippen LogP contribution in [0, 0.1) is 0 Å². The molecule has 2 aromatic rings. The minimum atomic E-state index is 0.814. The second kappa shape index (κ2) is 3.88. The number of para-hydroxylation sites is 1. The molecule has 0 saturated carbocycles. The van der Waals surface area contributed by atoms with E-state index >= 15 is 0 Å². The quantitative estimate of drug-likeness (QED) is 0.821. The molecule has 0 N–H and O–H groups in total. The molecule has 1 aromatic heterocycles. The van der Waals surface area contributed by atoms with Crippen molar-refractivity contribution in [2.45, 2.75) is 13.3 Å². The third-order valence-corrected chi connectivity index (χ3v) is 2.60. The van der Waals surface area contributed by atoms with Crippen LogP contribution in [0.5, 0.6) is 0 Å². The van der Waals surface area contributed by atoms with Crippen LogP contribution in [-0.2, 0) is 6.42 Å². The van der Waals surface area contributed by atoms with Gasteiger partial charge >= 0.3 is 0 Å². The molecular formula is C9H9BrN4. The molecule has 0 fully saturated rings. The Bertz CT molecular complexity index is 438. The van der Waals surface area contributed by atoms with Crippen molar-refractivity contribution in [1.82, 2.24) is 20.2 Å². The lowest BCUT2D eigenvalue weighted by atomic mass is 10.3. The summed E-state index contributed by atoms with van der Waals surface area (Å²) in [5, 5.41) is 11.5. The van der Waals surface area contributed by atoms with Crippen LogP contribution in [0.2, 0.25) is 0 Å². The zero-order valence-corrected chi connectivity index (χ0v) is 9.27. The number of aryl methyl sites for hydroxylation is 1. The summed E-state index contributed by atoms with van der Waals surface area (Å²) in [4.78, 5) is 0. The molecule has 0 aliphatic rings. The van der Waals surface area contributed by atoms with Gasteiger partial charge in [-0.25, -0.2) is 0 Å². The monoisotopic (exact) mass is 252 g/mol. The molecule has 1 aromatic carbocycles. The standard InChI is InChI=1S/C9H9BrN4/c1-2-9-11-12-13-14(9)8-6-4-3-5-7(8)10/h3-6H,2H2,1H3. The Balaban J connectivity index is 2.54. The van der Waals surface area contributed by atoms with E-state index < -0.39 is 0 Å². The lowest BCUT2D eigenvalue weighted by molar-refractivity contribution is 0.764. The number of aromatic nitrogens is 4. The Morgan fingerprint density at radius 3 is 2.86 bits per heavy atom. The molecule has 72 valence electrons. The van der Waals surface area contributed by atoms with E-state index in [-0.39, 0.29) is 0 Å². The van der Waals surface area contributed by atoms with E-state index in [4.69, 9.17) is 0 Å². The first kappa shape index (κ1) is 9.33. The third kappa shape index (κ3) is 1.55. The highest BCUT2D eigenvalue weighted by Crippen LogP contribution is 2.19. The number of tetrazole rings is 1. The molecule has 0 radical (unpaired) electrons. The number of rotatable bonds is 2. The zero-order valence-electron chi connectivity index (χ0n) is 7.68. The summed E-state index contributed by atoms with van der Waals surface area (Å²) in [5.41, 5.74) is 0.967. The summed E-state index contributed by atoms with van der Waals surface area (Å²) in [7, 11) is 0. The first-order valence-corrected chi connectivity index (χ1v) is 5.14. The summed E-state index contributed by atoms with van der Waals surface area (Å²) in [6.45, 7) is 2.03. The first-order chi connectivity index (χ1) is 6.83. The maximum atomic E-state index is 3.94. The van der Waals surface area contributed by atoms with Crippen molar-refractivity contribution >= 4 is 15.9 Å². The van der Waals surface area contributed by atoms with Crippen LogP contribution in [0.25, 0.3) is 5.69 Å². The highest BCUT2D eigenvalue weighted by atomic mass is 79.9. The largest absolute Gasteiger partial charge is 0.196 e. The molecule has 5 heteroatoms. The van der Waals surface area contributed by atoms with Crippen LogP contribution in [0.1, 0.15) is 12.7 Å². The predicted octanol–water partition coefficient (Wildman–Crippen LogP) is 1.99. The second-order valence-corrected chi connectivity index (χ2v) is 3.67. The van der Waals surface area contributed by atoms with Gasteiger partial charge in [0, 0.05) is 10.9 Å². The topological polar surface area (TPSA) is 43.6 Å². The van der Waals surface area contributed by atoms with Gasteiger partial charge in [-0.1, -0.05) is 19.1 Å². The fourth-order valence-corrected chi connectivity index (χ4v) is 1.69. The molecule has 0 unspecified atom stereocenters. The predicted molar refractivity (Wildman–Crippen MR) is 56.2 cm³/mol. The molecule has 0 saturated heterocycles. The van der Waals surface area contributed by atoms with Crippen molar-refractivity contribution in [3.63, 3.8) is 0 Å². The van der Waals surface area contributed by atoms with E-state index in [2.05, 4.69) is 31.5 Å². The van der Waals surface area contributed by atoms with Crippen LogP contribution >= 0.6 is 15.9 Å². The van der Waals surface area contributed by atoms with Crippen molar-refractivity contribution in [1.29, 1.82) is 0 Å². The summed E-state index contributed by atoms with van der Waals surface area (Å²) in [6, 6.07) is 7.86. The summed E-state index contributed by atoms with van der Waals surface area (Å²) < 4.78 is 2.73. The number of nitrogens with zero attached hydrogens (tertiary/aromatic N) is 4. The molecular weight excluding hydrogens is 244 g/mol. The van der Waals surface area contributed by atoms with E-state index in [1.807, 2.05) is 31.2 Å². The van der Waals surface area contributed by atoms with E-state index in [1.54, 1.807) is 4.68 Å². The summed E-state index contributed by atoms with van der Waals surface area (Å²) in [6.07, 6.45) is 0.814. The SMILES string of the molecule is CCc1nnnn1-c1ccccc1Br. The second-order valence-electron chi connectivity index (χ2n) is 2.81. The maximum Gasteiger partial charge on any atom is 0.156 e. The van der Waals surface area contributed by atoms with Gasteiger partial charge < -0.3 is 0 Å². The van der Waals surface area contributed by atoms with Crippen LogP contribution in [0.15, 0.2) is 28.7 Å². The van der Waals surface area contributed by atoms with Crippen LogP contribution < -0.4 is 0 Å². The van der Waals surface area contributed by atoms with E-state index in [9.17, 15) is 0 Å². The Morgan fingerprint density at radius 2 is 2.14 bits per heavy atom. The molecule has 0 bridgehead atoms. The summed E-state index contributed by atoms with van der Waals surface area (Å²) >= 11 is 3.46. The molecule has 1 heterocycles. The van der Waals surface area contributed by atoms with E-state index in [0.717, 1.165) is 22.4 Å². The van der Waals surface area contributed by atoms with Gasteiger partial charge in [-0.3, -0.25) is 0 Å². The van der Waals surface area contributed by atoms with Gasteiger partial charge in [0.05, 0.1) is 5.69 Å². The first-order valence-electron chi connectivity index (χ1n) is 4.35. The molecule has 0 atom stereocenters. The van der Waals surface area contributed by atoms with Gasteiger partial charge in [-0.05, 0) is 38.5 Å². The van der Waals surface area contributed by atoms with Gasteiger partial charge in [-0.15, -0.1) is 5.10 Å². The average molecular weight is 253 g/mol. The van der Waals surface area contributed by atoms with Gasteiger partial charge in [-0.2, -0.15) is 4.68 Å². The van der Waals surface area contributed by atoms with Crippen LogP contribution in [-0.4, -0.2) is 20.2 Å². The molecule has 14 heavy (non-hydrogen) atoms. The minimum Gasteiger partial charge on any atom is -0.196 e. The van der Waals surface area contributed by atoms with Gasteiger partial charge in [0.1, 0.15) is 0 Å². The van der Waals surface area contributed by atoms with Gasteiger partial charge in [0.15, 0.2) is 5.82 Å². The highest BCUT2D eigenvalue weighted by molar-refractivity contribution is 9.10. The Labute approximate surface area is 90.1 Å². The van der Waals surface area contributed by atoms with Crippen molar-refractivity contribution in [2.24, 2.45) is 0 Å². The molecule has 0 spiro atoms. The molecule has 0 amide bonds. The molecule has 0 aliphatic carbocycles. The average Bonchev–Trinajstić information content (AvgIpc) is 2.66. The Hall–Kier alpha value is -1.23. The van der Waals surface area contributed by atoms with Crippen molar-refractivity contribution in [2.75, 3.05) is 0 Å². The van der Waals surface area contributed by atoms with Crippen molar-refractivity contribution in [3.05, 3.63) is 34.6 Å². The molecule has 2 rings (SSSR count). The van der Waals surface area contributed by atoms with Gasteiger partial charge in [0.25, 0.3) is 0 Å². The van der Waals surface area contributed by atoms with Crippen molar-refractivity contribution < 1.29 is 0 Å².